The van der Waals surface area contributed by atoms with Crippen LogP contribution in [0.4, 0.5) is 4.39 Å². The number of halogens is 1. The first kappa shape index (κ1) is 13.7. The fourth-order valence-electron chi connectivity index (χ4n) is 1.85. The predicted octanol–water partition coefficient (Wildman–Crippen LogP) is 2.66. The second-order valence-corrected chi connectivity index (χ2v) is 4.70. The van der Waals surface area contributed by atoms with Crippen molar-refractivity contribution in [2.24, 2.45) is 0 Å². The molecule has 0 aliphatic rings. The average Bonchev–Trinajstić information content (AvgIpc) is 2.86. The third kappa shape index (κ3) is 3.38. The average molecular weight is 263 g/mol. The van der Waals surface area contributed by atoms with E-state index in [2.05, 4.69) is 23.9 Å². The number of aliphatic hydroxyl groups is 1. The van der Waals surface area contributed by atoms with Crippen molar-refractivity contribution in [1.29, 1.82) is 0 Å². The maximum Gasteiger partial charge on any atom is 0.141 e. The van der Waals surface area contributed by atoms with E-state index < -0.39 is 11.9 Å². The molecule has 0 saturated heterocycles. The van der Waals surface area contributed by atoms with Gasteiger partial charge in [0.25, 0.3) is 0 Å². The van der Waals surface area contributed by atoms with Crippen LogP contribution in [0, 0.1) is 5.82 Å². The molecular weight excluding hydrogens is 245 g/mol. The predicted molar refractivity (Wildman–Crippen MR) is 70.1 cm³/mol. The highest BCUT2D eigenvalue weighted by Gasteiger charge is 2.12. The molecule has 2 aromatic heterocycles. The quantitative estimate of drug-likeness (QED) is 0.902. The van der Waals surface area contributed by atoms with E-state index >= 15 is 0 Å². The van der Waals surface area contributed by atoms with Crippen molar-refractivity contribution in [2.75, 3.05) is 0 Å². The van der Waals surface area contributed by atoms with Crippen LogP contribution in [0.2, 0.25) is 0 Å². The lowest BCUT2D eigenvalue weighted by molar-refractivity contribution is 0.176. The monoisotopic (exact) mass is 263 g/mol. The van der Waals surface area contributed by atoms with E-state index in [4.69, 9.17) is 0 Å². The third-order valence-corrected chi connectivity index (χ3v) is 3.22. The molecule has 2 heterocycles. The van der Waals surface area contributed by atoms with Crippen LogP contribution in [-0.4, -0.2) is 19.9 Å². The van der Waals surface area contributed by atoms with Gasteiger partial charge in [-0.15, -0.1) is 0 Å². The van der Waals surface area contributed by atoms with Crippen molar-refractivity contribution in [1.82, 2.24) is 14.8 Å². The molecule has 19 heavy (non-hydrogen) atoms. The SMILES string of the molecule is CCC(C)n1ccc(CC(O)c2cncc(F)c2)n1. The van der Waals surface area contributed by atoms with Gasteiger partial charge < -0.3 is 5.11 Å². The van der Waals surface area contributed by atoms with Gasteiger partial charge in [0.05, 0.1) is 18.0 Å². The van der Waals surface area contributed by atoms with E-state index in [1.807, 2.05) is 16.9 Å². The molecule has 2 aromatic rings. The molecule has 0 fully saturated rings. The molecule has 2 unspecified atom stereocenters. The summed E-state index contributed by atoms with van der Waals surface area (Å²) in [5.41, 5.74) is 1.26. The van der Waals surface area contributed by atoms with Gasteiger partial charge in [0, 0.05) is 30.4 Å². The summed E-state index contributed by atoms with van der Waals surface area (Å²) < 4.78 is 14.9. The zero-order valence-corrected chi connectivity index (χ0v) is 11.1. The Kier molecular flexibility index (Phi) is 4.27. The molecule has 0 aliphatic carbocycles. The van der Waals surface area contributed by atoms with Crippen molar-refractivity contribution >= 4 is 0 Å². The molecule has 0 spiro atoms. The molecule has 4 nitrogen and oxygen atoms in total. The number of nitrogens with zero attached hydrogens (tertiary/aromatic N) is 3. The van der Waals surface area contributed by atoms with E-state index in [-0.39, 0.29) is 0 Å². The summed E-state index contributed by atoms with van der Waals surface area (Å²) in [5.74, 6) is -0.443. The van der Waals surface area contributed by atoms with Gasteiger partial charge in [-0.3, -0.25) is 9.67 Å². The zero-order valence-electron chi connectivity index (χ0n) is 11.1. The highest BCUT2D eigenvalue weighted by molar-refractivity contribution is 5.16. The molecule has 0 aromatic carbocycles. The van der Waals surface area contributed by atoms with Gasteiger partial charge in [-0.05, 0) is 25.5 Å². The van der Waals surface area contributed by atoms with E-state index in [0.29, 0.717) is 18.0 Å². The van der Waals surface area contributed by atoms with Gasteiger partial charge in [-0.25, -0.2) is 4.39 Å². The summed E-state index contributed by atoms with van der Waals surface area (Å²) in [6, 6.07) is 3.51. The highest BCUT2D eigenvalue weighted by Crippen LogP contribution is 2.18. The lowest BCUT2D eigenvalue weighted by atomic mass is 10.1. The summed E-state index contributed by atoms with van der Waals surface area (Å²) in [6.07, 6.45) is 5.06. The molecule has 0 radical (unpaired) electrons. The first-order valence-electron chi connectivity index (χ1n) is 6.42. The van der Waals surface area contributed by atoms with Gasteiger partial charge in [0.1, 0.15) is 5.82 Å². The Morgan fingerprint density at radius 1 is 1.42 bits per heavy atom. The summed E-state index contributed by atoms with van der Waals surface area (Å²) in [4.78, 5) is 3.73. The van der Waals surface area contributed by atoms with Crippen LogP contribution in [0.25, 0.3) is 0 Å². The Morgan fingerprint density at radius 3 is 2.89 bits per heavy atom. The van der Waals surface area contributed by atoms with Crippen LogP contribution < -0.4 is 0 Å². The summed E-state index contributed by atoms with van der Waals surface area (Å²) in [5, 5.41) is 14.5. The van der Waals surface area contributed by atoms with Crippen molar-refractivity contribution in [3.8, 4) is 0 Å². The minimum absolute atomic E-state index is 0.335. The van der Waals surface area contributed by atoms with Crippen LogP contribution in [0.3, 0.4) is 0 Å². The lowest BCUT2D eigenvalue weighted by Crippen LogP contribution is -2.07. The minimum Gasteiger partial charge on any atom is -0.388 e. The van der Waals surface area contributed by atoms with Crippen molar-refractivity contribution in [2.45, 2.75) is 38.8 Å². The topological polar surface area (TPSA) is 50.9 Å². The van der Waals surface area contributed by atoms with Crippen LogP contribution in [0.15, 0.2) is 30.7 Å². The zero-order chi connectivity index (χ0) is 13.8. The Balaban J connectivity index is 2.06. The molecule has 0 aliphatic heterocycles. The third-order valence-electron chi connectivity index (χ3n) is 3.22. The van der Waals surface area contributed by atoms with Gasteiger partial charge >= 0.3 is 0 Å². The second kappa shape index (κ2) is 5.93. The lowest BCUT2D eigenvalue weighted by Gasteiger charge is -2.10. The molecular formula is C14H18FN3O. The smallest absolute Gasteiger partial charge is 0.141 e. The molecule has 5 heteroatoms. The van der Waals surface area contributed by atoms with E-state index in [9.17, 15) is 9.50 Å². The minimum atomic E-state index is -0.788. The summed E-state index contributed by atoms with van der Waals surface area (Å²) in [7, 11) is 0. The fourth-order valence-corrected chi connectivity index (χ4v) is 1.85. The van der Waals surface area contributed by atoms with Crippen LogP contribution in [0.5, 0.6) is 0 Å². The normalized spacial score (nSPS) is 14.3. The number of aromatic nitrogens is 3. The number of rotatable bonds is 5. The molecule has 0 bridgehead atoms. The van der Waals surface area contributed by atoms with Crippen molar-refractivity contribution in [3.05, 3.63) is 47.8 Å². The number of aliphatic hydroxyl groups excluding tert-OH is 1. The maximum absolute atomic E-state index is 13.0. The van der Waals surface area contributed by atoms with E-state index in [1.165, 1.54) is 12.3 Å². The molecule has 2 rings (SSSR count). The van der Waals surface area contributed by atoms with Crippen LogP contribution >= 0.6 is 0 Å². The number of pyridine rings is 1. The fraction of sp³-hybridized carbons (Fsp3) is 0.429. The number of hydrogen-bond donors (Lipinski definition) is 1. The summed E-state index contributed by atoms with van der Waals surface area (Å²) in [6.45, 7) is 4.18. The van der Waals surface area contributed by atoms with Crippen molar-refractivity contribution < 1.29 is 9.50 Å². The molecule has 102 valence electrons. The Hall–Kier alpha value is -1.75. The first-order valence-corrected chi connectivity index (χ1v) is 6.42. The molecule has 1 N–H and O–H groups in total. The first-order chi connectivity index (χ1) is 9.10. The van der Waals surface area contributed by atoms with Crippen LogP contribution in [0.1, 0.15) is 43.7 Å². The Bertz CT molecular complexity index is 541. The largest absolute Gasteiger partial charge is 0.388 e. The van der Waals surface area contributed by atoms with Gasteiger partial charge in [0.15, 0.2) is 0 Å². The van der Waals surface area contributed by atoms with E-state index in [0.717, 1.165) is 18.3 Å². The Labute approximate surface area is 111 Å². The number of hydrogen-bond acceptors (Lipinski definition) is 3. The van der Waals surface area contributed by atoms with Gasteiger partial charge in [-0.2, -0.15) is 5.10 Å². The standard InChI is InChI=1S/C14H18FN3O/c1-3-10(2)18-5-4-13(17-18)7-14(19)11-6-12(15)9-16-8-11/h4-6,8-10,14,19H,3,7H2,1-2H3. The van der Waals surface area contributed by atoms with Gasteiger partial charge in [0.2, 0.25) is 0 Å². The molecule has 0 amide bonds. The second-order valence-electron chi connectivity index (χ2n) is 4.70. The molecule has 0 saturated carbocycles. The summed E-state index contributed by atoms with van der Waals surface area (Å²) >= 11 is 0. The van der Waals surface area contributed by atoms with Crippen LogP contribution in [-0.2, 0) is 6.42 Å². The molecule has 2 atom stereocenters. The van der Waals surface area contributed by atoms with E-state index in [1.54, 1.807) is 0 Å². The van der Waals surface area contributed by atoms with Crippen molar-refractivity contribution in [3.63, 3.8) is 0 Å². The maximum atomic E-state index is 13.0. The van der Waals surface area contributed by atoms with Gasteiger partial charge in [-0.1, -0.05) is 6.92 Å². The highest BCUT2D eigenvalue weighted by atomic mass is 19.1. The Morgan fingerprint density at radius 2 is 2.21 bits per heavy atom.